The van der Waals surface area contributed by atoms with Crippen molar-refractivity contribution >= 4 is 5.97 Å². The van der Waals surface area contributed by atoms with E-state index in [4.69, 9.17) is 4.74 Å². The highest BCUT2D eigenvalue weighted by Gasteiger charge is 2.34. The Bertz CT molecular complexity index is 1030. The summed E-state index contributed by atoms with van der Waals surface area (Å²) in [7, 11) is 0. The number of hydrogen-bond acceptors (Lipinski definition) is 4. The fourth-order valence-corrected chi connectivity index (χ4v) is 3.74. The van der Waals surface area contributed by atoms with Crippen molar-refractivity contribution in [3.05, 3.63) is 66.5 Å². The summed E-state index contributed by atoms with van der Waals surface area (Å²) in [6.07, 6.45) is 10.9. The number of halogens is 1. The van der Waals surface area contributed by atoms with Gasteiger partial charge < -0.3 is 4.74 Å². The van der Waals surface area contributed by atoms with E-state index < -0.39 is 11.6 Å². The molecule has 3 rings (SSSR count). The van der Waals surface area contributed by atoms with Crippen LogP contribution in [-0.2, 0) is 11.2 Å². The van der Waals surface area contributed by atoms with Crippen LogP contribution in [0.15, 0.2) is 60.9 Å². The molecule has 1 heterocycles. The Kier molecular flexibility index (Phi) is 9.32. The summed E-state index contributed by atoms with van der Waals surface area (Å²) in [6.45, 7) is 5.59. The van der Waals surface area contributed by atoms with Crippen LogP contribution in [0.3, 0.4) is 0 Å². The van der Waals surface area contributed by atoms with Crippen LogP contribution in [0.25, 0.3) is 22.5 Å². The molecule has 0 amide bonds. The molecule has 5 heteroatoms. The minimum Gasteiger partial charge on any atom is -0.424 e. The number of alkyl halides is 1. The Morgan fingerprint density at radius 2 is 1.44 bits per heavy atom. The van der Waals surface area contributed by atoms with Gasteiger partial charge in [-0.05, 0) is 55.9 Å². The normalized spacial score (nSPS) is 12.8. The molecule has 1 atom stereocenters. The van der Waals surface area contributed by atoms with E-state index in [0.717, 1.165) is 42.4 Å². The van der Waals surface area contributed by atoms with Crippen molar-refractivity contribution in [3.8, 4) is 28.3 Å². The number of unbranched alkanes of at least 4 members (excludes halogenated alkanes) is 4. The predicted octanol–water partition coefficient (Wildman–Crippen LogP) is 7.76. The van der Waals surface area contributed by atoms with Gasteiger partial charge in [-0.25, -0.2) is 19.2 Å². The lowest BCUT2D eigenvalue weighted by Crippen LogP contribution is -2.34. The monoisotopic (exact) mass is 462 g/mol. The highest BCUT2D eigenvalue weighted by molar-refractivity contribution is 5.81. The Morgan fingerprint density at radius 3 is 2.06 bits per heavy atom. The van der Waals surface area contributed by atoms with Gasteiger partial charge in [-0.3, -0.25) is 0 Å². The minimum absolute atomic E-state index is 0.176. The van der Waals surface area contributed by atoms with Crippen LogP contribution in [0.5, 0.6) is 5.75 Å². The maximum atomic E-state index is 14.7. The molecule has 0 aliphatic carbocycles. The molecule has 1 aromatic heterocycles. The number of carbonyl (C=O) groups excluding carboxylic acids is 1. The van der Waals surface area contributed by atoms with Gasteiger partial charge in [0.2, 0.25) is 5.67 Å². The second-order valence-electron chi connectivity index (χ2n) is 9.02. The quantitative estimate of drug-likeness (QED) is 0.157. The van der Waals surface area contributed by atoms with Gasteiger partial charge >= 0.3 is 5.97 Å². The molecule has 0 N–H and O–H groups in total. The lowest BCUT2D eigenvalue weighted by Gasteiger charge is -2.18. The van der Waals surface area contributed by atoms with Gasteiger partial charge in [0.05, 0.1) is 0 Å². The number of ether oxygens (including phenoxy) is 1. The first-order chi connectivity index (χ1) is 16.4. The van der Waals surface area contributed by atoms with Gasteiger partial charge in [-0.1, -0.05) is 75.9 Å². The number of carbonyl (C=O) groups is 1. The second kappa shape index (κ2) is 12.4. The smallest absolute Gasteiger partial charge is 0.348 e. The van der Waals surface area contributed by atoms with Gasteiger partial charge in [-0.2, -0.15) is 0 Å². The zero-order chi connectivity index (χ0) is 24.4. The van der Waals surface area contributed by atoms with E-state index in [1.807, 2.05) is 12.1 Å². The first-order valence-electron chi connectivity index (χ1n) is 12.4. The zero-order valence-corrected chi connectivity index (χ0v) is 20.5. The Hall–Kier alpha value is -3.08. The molecule has 180 valence electrons. The van der Waals surface area contributed by atoms with Crippen molar-refractivity contribution in [2.24, 2.45) is 0 Å². The summed E-state index contributed by atoms with van der Waals surface area (Å²) in [5, 5.41) is 0. The Labute approximate surface area is 202 Å². The summed E-state index contributed by atoms with van der Waals surface area (Å²) >= 11 is 0. The van der Waals surface area contributed by atoms with Crippen molar-refractivity contribution in [1.82, 2.24) is 9.97 Å². The fourth-order valence-electron chi connectivity index (χ4n) is 3.74. The predicted molar refractivity (Wildman–Crippen MR) is 135 cm³/mol. The summed E-state index contributed by atoms with van der Waals surface area (Å²) in [6, 6.07) is 15.4. The molecule has 0 saturated heterocycles. The number of nitrogens with zero attached hydrogens (tertiary/aromatic N) is 2. The largest absolute Gasteiger partial charge is 0.424 e. The highest BCUT2D eigenvalue weighted by Crippen LogP contribution is 2.26. The maximum Gasteiger partial charge on any atom is 0.348 e. The third-order valence-corrected chi connectivity index (χ3v) is 6.01. The van der Waals surface area contributed by atoms with Crippen LogP contribution in [-0.4, -0.2) is 21.6 Å². The van der Waals surface area contributed by atoms with Gasteiger partial charge in [-0.15, -0.1) is 0 Å². The molecule has 0 spiro atoms. The maximum absolute atomic E-state index is 14.7. The standard InChI is InChI=1S/C29H35FN2O2/c1-4-6-8-9-19-29(3,30)28(33)34-26-17-15-23(16-18-26)25-20-31-27(32-21-25)24-13-11-22(12-14-24)10-7-5-2/h11-18,20-21H,4-10,19H2,1-3H3. The van der Waals surface area contributed by atoms with Crippen LogP contribution in [0, 0.1) is 0 Å². The molecule has 0 saturated carbocycles. The number of aromatic nitrogens is 2. The van der Waals surface area contributed by atoms with E-state index >= 15 is 0 Å². The number of aryl methyl sites for hydroxylation is 1. The van der Waals surface area contributed by atoms with E-state index in [-0.39, 0.29) is 6.42 Å². The first kappa shape index (κ1) is 25.5. The van der Waals surface area contributed by atoms with Crippen molar-refractivity contribution in [2.75, 3.05) is 0 Å². The molecule has 1 unspecified atom stereocenters. The zero-order valence-electron chi connectivity index (χ0n) is 20.5. The number of esters is 1. The van der Waals surface area contributed by atoms with E-state index in [1.165, 1.54) is 25.3 Å². The lowest BCUT2D eigenvalue weighted by atomic mass is 10.00. The Morgan fingerprint density at radius 1 is 0.824 bits per heavy atom. The number of rotatable bonds is 12. The summed E-state index contributed by atoms with van der Waals surface area (Å²) in [5.41, 5.74) is 2.08. The van der Waals surface area contributed by atoms with Crippen molar-refractivity contribution in [1.29, 1.82) is 0 Å². The average molecular weight is 463 g/mol. The van der Waals surface area contributed by atoms with E-state index in [0.29, 0.717) is 18.0 Å². The van der Waals surface area contributed by atoms with E-state index in [2.05, 4.69) is 48.1 Å². The molecule has 3 aromatic rings. The molecule has 34 heavy (non-hydrogen) atoms. The minimum atomic E-state index is -1.98. The topological polar surface area (TPSA) is 52.1 Å². The number of benzene rings is 2. The molecule has 0 aliphatic heterocycles. The van der Waals surface area contributed by atoms with Gasteiger partial charge in [0.1, 0.15) is 5.75 Å². The first-order valence-corrected chi connectivity index (χ1v) is 12.4. The molecule has 0 bridgehead atoms. The van der Waals surface area contributed by atoms with Crippen molar-refractivity contribution in [3.63, 3.8) is 0 Å². The average Bonchev–Trinajstić information content (AvgIpc) is 2.86. The van der Waals surface area contributed by atoms with Crippen molar-refractivity contribution < 1.29 is 13.9 Å². The molecule has 4 nitrogen and oxygen atoms in total. The van der Waals surface area contributed by atoms with Crippen LogP contribution < -0.4 is 4.74 Å². The van der Waals surface area contributed by atoms with Crippen LogP contribution in [0.1, 0.15) is 71.3 Å². The molecular formula is C29H35FN2O2. The van der Waals surface area contributed by atoms with Crippen LogP contribution >= 0.6 is 0 Å². The van der Waals surface area contributed by atoms with E-state index in [1.54, 1.807) is 24.5 Å². The number of hydrogen-bond donors (Lipinski definition) is 0. The molecule has 0 aliphatic rings. The SMILES string of the molecule is CCCCCCC(C)(F)C(=O)Oc1ccc(-c2cnc(-c3ccc(CCCC)cc3)nc2)cc1. The third kappa shape index (κ3) is 7.21. The van der Waals surface area contributed by atoms with Gasteiger partial charge in [0.25, 0.3) is 0 Å². The fraction of sp³-hybridized carbons (Fsp3) is 0.414. The lowest BCUT2D eigenvalue weighted by molar-refractivity contribution is -0.147. The third-order valence-electron chi connectivity index (χ3n) is 6.01. The highest BCUT2D eigenvalue weighted by atomic mass is 19.1. The summed E-state index contributed by atoms with van der Waals surface area (Å²) in [5.74, 6) is 0.162. The van der Waals surface area contributed by atoms with Gasteiger partial charge in [0.15, 0.2) is 5.82 Å². The summed E-state index contributed by atoms with van der Waals surface area (Å²) in [4.78, 5) is 21.3. The van der Waals surface area contributed by atoms with Crippen LogP contribution in [0.4, 0.5) is 4.39 Å². The molecule has 2 aromatic carbocycles. The van der Waals surface area contributed by atoms with Crippen LogP contribution in [0.2, 0.25) is 0 Å². The van der Waals surface area contributed by atoms with E-state index in [9.17, 15) is 9.18 Å². The van der Waals surface area contributed by atoms with Crippen molar-refractivity contribution in [2.45, 2.75) is 77.8 Å². The summed E-state index contributed by atoms with van der Waals surface area (Å²) < 4.78 is 20.0. The Balaban J connectivity index is 1.59. The molecule has 0 radical (unpaired) electrons. The van der Waals surface area contributed by atoms with Gasteiger partial charge in [0, 0.05) is 23.5 Å². The molecule has 0 fully saturated rings. The second-order valence-corrected chi connectivity index (χ2v) is 9.02. The molecular weight excluding hydrogens is 427 g/mol.